The molecule has 0 saturated carbocycles. The summed E-state index contributed by atoms with van der Waals surface area (Å²) in [6.45, 7) is 4.23. The molecule has 0 amide bonds. The molecule has 19 heteroatoms. The Morgan fingerprint density at radius 2 is 0.464 bits per heavy atom. The van der Waals surface area contributed by atoms with E-state index in [0.29, 0.717) is 38.5 Å². The highest BCUT2D eigenvalue weighted by Crippen LogP contribution is 2.45. The highest BCUT2D eigenvalue weighted by Gasteiger charge is 2.30. The molecule has 3 N–H and O–H groups in total. The van der Waals surface area contributed by atoms with E-state index in [0.717, 1.165) is 193 Å². The van der Waals surface area contributed by atoms with Gasteiger partial charge in [-0.1, -0.05) is 304 Å². The summed E-state index contributed by atoms with van der Waals surface area (Å²) in [6, 6.07) is 0. The number of esters is 4. The number of aliphatic hydroxyl groups excluding tert-OH is 1. The molecule has 5 atom stereocenters. The normalized spacial score (nSPS) is 14.9. The number of hydrogen-bond acceptors (Lipinski definition) is 15. The van der Waals surface area contributed by atoms with Crippen molar-refractivity contribution in [2.75, 3.05) is 39.6 Å². The van der Waals surface area contributed by atoms with Gasteiger partial charge in [-0.25, -0.2) is 9.13 Å². The van der Waals surface area contributed by atoms with Gasteiger partial charge in [-0.15, -0.1) is 0 Å². The molecule has 0 aliphatic carbocycles. The van der Waals surface area contributed by atoms with E-state index in [4.69, 9.17) is 37.0 Å². The number of ether oxygens (including phenoxy) is 4. The van der Waals surface area contributed by atoms with Crippen molar-refractivity contribution in [3.8, 4) is 0 Å². The molecule has 630 valence electrons. The Kier molecular flexibility index (Phi) is 77.5. The lowest BCUT2D eigenvalue weighted by Crippen LogP contribution is -2.30. The molecule has 0 bridgehead atoms. The van der Waals surface area contributed by atoms with Crippen molar-refractivity contribution in [1.29, 1.82) is 0 Å². The molecule has 0 fully saturated rings. The fraction of sp³-hybridized carbons (Fsp3) is 0.570. The number of unbranched alkanes of at least 4 members (excludes halogenated alkanes) is 14. The van der Waals surface area contributed by atoms with Crippen LogP contribution in [0.15, 0.2) is 219 Å². The Morgan fingerprint density at radius 3 is 0.750 bits per heavy atom. The van der Waals surface area contributed by atoms with E-state index in [1.54, 1.807) is 0 Å². The number of carbonyl (C=O) groups excluding carboxylic acids is 4. The number of aliphatic hydroxyl groups is 1. The molecular formula is C93H146O17P2. The van der Waals surface area contributed by atoms with Crippen LogP contribution in [-0.2, 0) is 65.4 Å². The minimum atomic E-state index is -5.02. The third-order valence-corrected chi connectivity index (χ3v) is 18.3. The first-order valence-corrected chi connectivity index (χ1v) is 45.0. The van der Waals surface area contributed by atoms with Crippen molar-refractivity contribution in [3.05, 3.63) is 219 Å². The van der Waals surface area contributed by atoms with E-state index < -0.39 is 97.5 Å². The van der Waals surface area contributed by atoms with Gasteiger partial charge in [0, 0.05) is 25.7 Å². The summed E-state index contributed by atoms with van der Waals surface area (Å²) in [5, 5.41) is 10.7. The van der Waals surface area contributed by atoms with Gasteiger partial charge < -0.3 is 33.8 Å². The second-order valence-electron chi connectivity index (χ2n) is 26.9. The molecule has 0 aliphatic heterocycles. The van der Waals surface area contributed by atoms with Gasteiger partial charge in [0.05, 0.1) is 26.4 Å². The number of phosphoric ester groups is 2. The van der Waals surface area contributed by atoms with Gasteiger partial charge in [0.1, 0.15) is 19.3 Å². The number of allylic oxidation sites excluding steroid dienone is 36. The third kappa shape index (κ3) is 81.4. The first kappa shape index (κ1) is 105. The Morgan fingerprint density at radius 1 is 0.250 bits per heavy atom. The summed E-state index contributed by atoms with van der Waals surface area (Å²) < 4.78 is 68.6. The molecule has 0 spiro atoms. The average molecular weight is 1600 g/mol. The molecule has 0 saturated heterocycles. The number of rotatable bonds is 76. The van der Waals surface area contributed by atoms with Gasteiger partial charge in [0.15, 0.2) is 12.2 Å². The van der Waals surface area contributed by atoms with Crippen LogP contribution < -0.4 is 0 Å². The predicted octanol–water partition coefficient (Wildman–Crippen LogP) is 25.2. The lowest BCUT2D eigenvalue weighted by molar-refractivity contribution is -0.161. The molecule has 0 heterocycles. The summed E-state index contributed by atoms with van der Waals surface area (Å²) in [5.74, 6) is -2.39. The van der Waals surface area contributed by atoms with Crippen molar-refractivity contribution in [2.45, 2.75) is 303 Å². The van der Waals surface area contributed by atoms with Crippen molar-refractivity contribution in [3.63, 3.8) is 0 Å². The average Bonchev–Trinajstić information content (AvgIpc) is 0.898. The van der Waals surface area contributed by atoms with Crippen LogP contribution in [-0.4, -0.2) is 96.7 Å². The van der Waals surface area contributed by atoms with Crippen molar-refractivity contribution in [2.24, 2.45) is 0 Å². The Labute approximate surface area is 677 Å². The van der Waals surface area contributed by atoms with Crippen LogP contribution in [0, 0.1) is 0 Å². The fourth-order valence-electron chi connectivity index (χ4n) is 10.2. The first-order chi connectivity index (χ1) is 54.7. The van der Waals surface area contributed by atoms with Crippen LogP contribution in [0.4, 0.5) is 0 Å². The largest absolute Gasteiger partial charge is 0.472 e. The molecule has 17 nitrogen and oxygen atoms in total. The van der Waals surface area contributed by atoms with Crippen LogP contribution in [0.3, 0.4) is 0 Å². The summed E-state index contributed by atoms with van der Waals surface area (Å²) >= 11 is 0. The highest BCUT2D eigenvalue weighted by molar-refractivity contribution is 7.47. The summed E-state index contributed by atoms with van der Waals surface area (Å²) in [6.07, 6.45) is 105. The first-order valence-electron chi connectivity index (χ1n) is 42.0. The molecule has 0 radical (unpaired) electrons. The van der Waals surface area contributed by atoms with Gasteiger partial charge in [-0.2, -0.15) is 0 Å². The maximum Gasteiger partial charge on any atom is 0.472 e. The second-order valence-corrected chi connectivity index (χ2v) is 29.8. The van der Waals surface area contributed by atoms with Gasteiger partial charge in [-0.05, 0) is 173 Å². The smallest absolute Gasteiger partial charge is 0.462 e. The highest BCUT2D eigenvalue weighted by atomic mass is 31.2. The second kappa shape index (κ2) is 82.4. The Bertz CT molecular complexity index is 2990. The quantitative estimate of drug-likeness (QED) is 0.0169. The zero-order chi connectivity index (χ0) is 81.7. The van der Waals surface area contributed by atoms with Crippen molar-refractivity contribution < 1.29 is 80.2 Å². The standard InChI is InChI=1S/C93H146O17P2/c1-5-9-13-17-21-25-29-33-37-41-43-47-50-54-58-62-66-70-74-78-91(96)104-84-89(110-93(98)80-76-72-68-64-60-56-52-48-44-42-38-34-30-26-22-18-14-10-6-2)86-108-112(101,102)106-82-87(94)81-105-111(99,100)107-85-88(109-92(97)79-75-71-67-63-59-55-51-46-40-36-32-28-24-20-16-12-8-4)83-103-90(95)77-73-69-65-61-57-53-49-45-39-35-31-27-23-19-15-11-7-3/h9-16,21-28,33-40,43-44,47-49,53-54,58,61,65-66,70,87-89,94H,5-8,17-20,29-32,41-42,45-46,50-52,55-57,59-60,62-64,67-69,71-86H2,1-4H3,(H,99,100)(H,101,102)/b13-9-,14-10-,15-11-,16-12-,25-21-,26-22-,27-23-,28-24-,37-33-,38-34-,39-35-,40-36-,47-43-,48-44-,53-49-,58-54-,65-61-,70-66-. The minimum Gasteiger partial charge on any atom is -0.462 e. The third-order valence-electron chi connectivity index (χ3n) is 16.4. The summed E-state index contributed by atoms with van der Waals surface area (Å²) in [7, 11) is -10.0. The van der Waals surface area contributed by atoms with Crippen molar-refractivity contribution in [1.82, 2.24) is 0 Å². The number of carbonyl (C=O) groups is 4. The van der Waals surface area contributed by atoms with Gasteiger partial charge >= 0.3 is 39.5 Å². The van der Waals surface area contributed by atoms with Crippen LogP contribution in [0.25, 0.3) is 0 Å². The van der Waals surface area contributed by atoms with E-state index in [-0.39, 0.29) is 25.7 Å². The zero-order valence-electron chi connectivity index (χ0n) is 69.0. The van der Waals surface area contributed by atoms with Gasteiger partial charge in [-0.3, -0.25) is 37.3 Å². The molecular weight excluding hydrogens is 1450 g/mol. The molecule has 0 aromatic rings. The van der Waals surface area contributed by atoms with E-state index in [9.17, 15) is 43.2 Å². The van der Waals surface area contributed by atoms with E-state index >= 15 is 0 Å². The lowest BCUT2D eigenvalue weighted by Gasteiger charge is -2.21. The zero-order valence-corrected chi connectivity index (χ0v) is 70.8. The molecule has 0 aromatic carbocycles. The Hall–Kier alpha value is -6.62. The van der Waals surface area contributed by atoms with E-state index in [1.165, 1.54) is 0 Å². The van der Waals surface area contributed by atoms with E-state index in [1.807, 2.05) is 30.4 Å². The fourth-order valence-corrected chi connectivity index (χ4v) is 11.8. The Balaban J connectivity index is 5.55. The summed E-state index contributed by atoms with van der Waals surface area (Å²) in [4.78, 5) is 73.2. The number of hydrogen-bond donors (Lipinski definition) is 3. The maximum absolute atomic E-state index is 13.1. The molecule has 5 unspecified atom stereocenters. The monoisotopic (exact) mass is 1600 g/mol. The van der Waals surface area contributed by atoms with E-state index in [2.05, 4.69) is 216 Å². The van der Waals surface area contributed by atoms with Gasteiger partial charge in [0.2, 0.25) is 0 Å². The number of phosphoric acid groups is 2. The lowest BCUT2D eigenvalue weighted by atomic mass is 10.1. The van der Waals surface area contributed by atoms with Crippen LogP contribution in [0.5, 0.6) is 0 Å². The SMILES string of the molecule is CC/C=C\C/C=C\C/C=C\C/C=C\C/C=C\C/C=C\CCC(=O)OCC(COP(=O)(O)OCC(O)COP(=O)(O)OCC(COC(=O)CCC/C=C\C/C=C\C/C=C\C/C=C\C/C=C\CC)OC(=O)CCCCCCCCC/C=C\C/C=C\C/C=C\CC)OC(=O)CCCCCCCC/C=C\C/C=C\C/C=C\C/C=C\CC. The summed E-state index contributed by atoms with van der Waals surface area (Å²) in [5.41, 5.74) is 0. The van der Waals surface area contributed by atoms with Crippen LogP contribution >= 0.6 is 15.6 Å². The predicted molar refractivity (Wildman–Crippen MR) is 463 cm³/mol. The minimum absolute atomic E-state index is 0.0224. The molecule has 0 aliphatic rings. The molecule has 0 aromatic heterocycles. The van der Waals surface area contributed by atoms with Gasteiger partial charge in [0.25, 0.3) is 0 Å². The van der Waals surface area contributed by atoms with Crippen LogP contribution in [0.2, 0.25) is 0 Å². The van der Waals surface area contributed by atoms with Crippen molar-refractivity contribution >= 4 is 39.5 Å². The topological polar surface area (TPSA) is 237 Å². The maximum atomic E-state index is 13.1. The van der Waals surface area contributed by atoms with Crippen LogP contribution in [0.1, 0.15) is 285 Å². The molecule has 0 rings (SSSR count). The molecule has 112 heavy (non-hydrogen) atoms.